The number of hydrogen-bond donors (Lipinski definition) is 3. The fourth-order valence-electron chi connectivity index (χ4n) is 2.24. The van der Waals surface area contributed by atoms with Crippen molar-refractivity contribution in [2.45, 2.75) is 18.1 Å². The minimum atomic E-state index is -3.97. The second-order valence-corrected chi connectivity index (χ2v) is 8.32. The van der Waals surface area contributed by atoms with Crippen LogP contribution in [-0.4, -0.2) is 30.4 Å². The third-order valence-corrected chi connectivity index (χ3v) is 6.46. The summed E-state index contributed by atoms with van der Waals surface area (Å²) in [6, 6.07) is 6.27. The Balaban J connectivity index is 2.31. The van der Waals surface area contributed by atoms with Crippen LogP contribution in [0.25, 0.3) is 5.57 Å². The second kappa shape index (κ2) is 8.19. The highest BCUT2D eigenvalue weighted by atomic mass is 32.2. The molecule has 0 unspecified atom stereocenters. The van der Waals surface area contributed by atoms with Crippen LogP contribution in [0.15, 0.2) is 52.8 Å². The molecule has 9 heteroatoms. The number of carboxylic acids is 1. The van der Waals surface area contributed by atoms with E-state index in [-0.39, 0.29) is 21.2 Å². The maximum Gasteiger partial charge on any atom is 0.339 e. The number of ketones is 1. The molecule has 1 aromatic heterocycles. The maximum absolute atomic E-state index is 12.5. The van der Waals surface area contributed by atoms with E-state index in [1.165, 1.54) is 18.2 Å². The second-order valence-electron chi connectivity index (χ2n) is 5.33. The van der Waals surface area contributed by atoms with Crippen LogP contribution in [0, 0.1) is 0 Å². The lowest BCUT2D eigenvalue weighted by Crippen LogP contribution is -2.11. The van der Waals surface area contributed by atoms with Crippen molar-refractivity contribution in [3.05, 3.63) is 59.0 Å². The van der Waals surface area contributed by atoms with Gasteiger partial charge in [-0.2, -0.15) is 0 Å². The number of aromatic carboxylic acids is 1. The summed E-state index contributed by atoms with van der Waals surface area (Å²) in [6.07, 6.45) is 4.61. The predicted molar refractivity (Wildman–Crippen MR) is 104 cm³/mol. The molecule has 0 radical (unpaired) electrons. The van der Waals surface area contributed by atoms with Gasteiger partial charge in [-0.05, 0) is 44.2 Å². The van der Waals surface area contributed by atoms with Crippen LogP contribution < -0.4 is 4.72 Å². The first-order valence-electron chi connectivity index (χ1n) is 7.72. The molecule has 0 atom stereocenters. The van der Waals surface area contributed by atoms with Gasteiger partial charge in [-0.3, -0.25) is 9.52 Å². The largest absolute Gasteiger partial charge is 0.507 e. The maximum atomic E-state index is 12.5. The average Bonchev–Trinajstić information content (AvgIpc) is 3.06. The Kier molecular flexibility index (Phi) is 6.19. The van der Waals surface area contributed by atoms with Gasteiger partial charge in [0.1, 0.15) is 15.5 Å². The highest BCUT2D eigenvalue weighted by Crippen LogP contribution is 2.30. The van der Waals surface area contributed by atoms with Crippen molar-refractivity contribution in [3.8, 4) is 5.75 Å². The first-order valence-corrected chi connectivity index (χ1v) is 10.0. The number of allylic oxidation sites excluding steroid dienone is 4. The molecular weight excluding hydrogens is 390 g/mol. The standard InChI is InChI=1S/C18H17NO6S2/c1-3-5-14(20)12(4-2)16-8-9-17(26-16)27(24,25)19-11-6-7-13(18(22)23)15(21)10-11/h3-10,19,21H,1-2H3,(H,22,23)/b5-3-,12-4+. The molecule has 0 aliphatic carbocycles. The third-order valence-electron chi connectivity index (χ3n) is 3.46. The van der Waals surface area contributed by atoms with E-state index in [2.05, 4.69) is 4.72 Å². The average molecular weight is 407 g/mol. The minimum absolute atomic E-state index is 0.0173. The van der Waals surface area contributed by atoms with Gasteiger partial charge < -0.3 is 10.2 Å². The molecule has 1 aromatic carbocycles. The van der Waals surface area contributed by atoms with Crippen molar-refractivity contribution in [1.29, 1.82) is 0 Å². The van der Waals surface area contributed by atoms with Gasteiger partial charge in [0.15, 0.2) is 5.78 Å². The van der Waals surface area contributed by atoms with Gasteiger partial charge in [0.2, 0.25) is 0 Å². The number of anilines is 1. The normalized spacial score (nSPS) is 12.3. The number of rotatable bonds is 7. The molecule has 0 fully saturated rings. The Labute approximate surface area is 160 Å². The Morgan fingerprint density at radius 3 is 2.41 bits per heavy atom. The summed E-state index contributed by atoms with van der Waals surface area (Å²) in [6.45, 7) is 3.40. The molecular formula is C18H17NO6S2. The number of carbonyl (C=O) groups is 2. The highest BCUT2D eigenvalue weighted by molar-refractivity contribution is 7.94. The van der Waals surface area contributed by atoms with Gasteiger partial charge in [-0.1, -0.05) is 12.2 Å². The Bertz CT molecular complexity index is 1050. The van der Waals surface area contributed by atoms with Crippen molar-refractivity contribution in [2.75, 3.05) is 4.72 Å². The number of phenols is 1. The van der Waals surface area contributed by atoms with E-state index < -0.39 is 21.7 Å². The zero-order chi connectivity index (χ0) is 20.2. The molecule has 0 amide bonds. The summed E-state index contributed by atoms with van der Waals surface area (Å²) in [4.78, 5) is 23.5. The van der Waals surface area contributed by atoms with Crippen LogP contribution in [0.2, 0.25) is 0 Å². The molecule has 2 aromatic rings. The first kappa shape index (κ1) is 20.4. The minimum Gasteiger partial charge on any atom is -0.507 e. The van der Waals surface area contributed by atoms with E-state index in [4.69, 9.17) is 5.11 Å². The van der Waals surface area contributed by atoms with E-state index in [0.717, 1.165) is 23.5 Å². The fourth-order valence-corrected chi connectivity index (χ4v) is 4.67. The Hall–Kier alpha value is -2.91. The molecule has 1 heterocycles. The van der Waals surface area contributed by atoms with Crippen LogP contribution in [0.1, 0.15) is 29.1 Å². The van der Waals surface area contributed by atoms with E-state index in [1.54, 1.807) is 32.1 Å². The zero-order valence-corrected chi connectivity index (χ0v) is 16.1. The topological polar surface area (TPSA) is 121 Å². The van der Waals surface area contributed by atoms with Crippen molar-refractivity contribution in [3.63, 3.8) is 0 Å². The molecule has 3 N–H and O–H groups in total. The number of thiophene rings is 1. The van der Waals surface area contributed by atoms with Gasteiger partial charge in [0, 0.05) is 16.5 Å². The fraction of sp³-hybridized carbons (Fsp3) is 0.111. The van der Waals surface area contributed by atoms with Crippen LogP contribution in [-0.2, 0) is 14.8 Å². The first-order chi connectivity index (χ1) is 12.7. The quantitative estimate of drug-likeness (QED) is 0.604. The number of sulfonamides is 1. The van der Waals surface area contributed by atoms with Crippen molar-refractivity contribution < 1.29 is 28.2 Å². The number of hydrogen-bond acceptors (Lipinski definition) is 6. The molecule has 2 rings (SSSR count). The van der Waals surface area contributed by atoms with E-state index >= 15 is 0 Å². The summed E-state index contributed by atoms with van der Waals surface area (Å²) in [5, 5.41) is 18.6. The van der Waals surface area contributed by atoms with E-state index in [0.29, 0.717) is 10.5 Å². The number of carboxylic acid groups (broad SMARTS) is 1. The van der Waals surface area contributed by atoms with Gasteiger partial charge in [-0.15, -0.1) is 11.3 Å². The number of aromatic hydroxyl groups is 1. The lowest BCUT2D eigenvalue weighted by molar-refractivity contribution is -0.109. The predicted octanol–water partition coefficient (Wildman–Crippen LogP) is 3.50. The number of nitrogens with one attached hydrogen (secondary N) is 1. The molecule has 27 heavy (non-hydrogen) atoms. The Morgan fingerprint density at radius 2 is 1.85 bits per heavy atom. The van der Waals surface area contributed by atoms with Gasteiger partial charge >= 0.3 is 5.97 Å². The Morgan fingerprint density at radius 1 is 1.15 bits per heavy atom. The molecule has 0 aliphatic heterocycles. The molecule has 0 bridgehead atoms. The van der Waals surface area contributed by atoms with Crippen LogP contribution >= 0.6 is 11.3 Å². The van der Waals surface area contributed by atoms with Gasteiger partial charge in [0.05, 0.1) is 5.69 Å². The monoisotopic (exact) mass is 407 g/mol. The molecule has 0 aliphatic rings. The summed E-state index contributed by atoms with van der Waals surface area (Å²) in [5.74, 6) is -2.11. The summed E-state index contributed by atoms with van der Waals surface area (Å²) in [5.41, 5.74) is 0.0725. The van der Waals surface area contributed by atoms with Crippen LogP contribution in [0.4, 0.5) is 5.69 Å². The molecule has 0 spiro atoms. The molecule has 142 valence electrons. The summed E-state index contributed by atoms with van der Waals surface area (Å²) in [7, 11) is -3.97. The number of carbonyl (C=O) groups excluding carboxylic acids is 1. The molecule has 0 saturated heterocycles. The van der Waals surface area contributed by atoms with Crippen molar-refractivity contribution in [2.24, 2.45) is 0 Å². The van der Waals surface area contributed by atoms with E-state index in [1.807, 2.05) is 0 Å². The lowest BCUT2D eigenvalue weighted by Gasteiger charge is -2.08. The van der Waals surface area contributed by atoms with Crippen molar-refractivity contribution >= 4 is 44.4 Å². The lowest BCUT2D eigenvalue weighted by atomic mass is 10.1. The SMILES string of the molecule is C/C=C\C(=O)/C(=C\C)c1ccc(S(=O)(=O)Nc2ccc(C(=O)O)c(O)c2)s1. The van der Waals surface area contributed by atoms with Crippen molar-refractivity contribution in [1.82, 2.24) is 0 Å². The molecule has 0 saturated carbocycles. The third kappa shape index (κ3) is 4.63. The van der Waals surface area contributed by atoms with Crippen LogP contribution in [0.5, 0.6) is 5.75 Å². The van der Waals surface area contributed by atoms with Gasteiger partial charge in [0.25, 0.3) is 10.0 Å². The van der Waals surface area contributed by atoms with E-state index in [9.17, 15) is 23.1 Å². The molecule has 7 nitrogen and oxygen atoms in total. The zero-order valence-electron chi connectivity index (χ0n) is 14.5. The van der Waals surface area contributed by atoms with Gasteiger partial charge in [-0.25, -0.2) is 13.2 Å². The smallest absolute Gasteiger partial charge is 0.339 e. The van der Waals surface area contributed by atoms with Crippen LogP contribution in [0.3, 0.4) is 0 Å². The highest BCUT2D eigenvalue weighted by Gasteiger charge is 2.20. The summed E-state index contributed by atoms with van der Waals surface area (Å²) >= 11 is 0.928. The number of benzene rings is 1. The summed E-state index contributed by atoms with van der Waals surface area (Å²) < 4.78 is 27.3.